The van der Waals surface area contributed by atoms with Crippen LogP contribution >= 0.6 is 0 Å². The van der Waals surface area contributed by atoms with Crippen LogP contribution in [0.1, 0.15) is 18.4 Å². The van der Waals surface area contributed by atoms with Crippen LogP contribution in [-0.2, 0) is 21.2 Å². The maximum absolute atomic E-state index is 13.0. The number of sulfonamides is 1. The Hall–Kier alpha value is -2.98. The van der Waals surface area contributed by atoms with Crippen LogP contribution in [0.5, 0.6) is 5.75 Å². The average Bonchev–Trinajstić information content (AvgIpc) is 3.51. The lowest BCUT2D eigenvalue weighted by molar-refractivity contribution is -0.385. The summed E-state index contributed by atoms with van der Waals surface area (Å²) in [5.41, 5.74) is 0.495. The van der Waals surface area contributed by atoms with Crippen LogP contribution < -0.4 is 14.8 Å². The maximum Gasteiger partial charge on any atom is 0.273 e. The Kier molecular flexibility index (Phi) is 6.14. The molecule has 10 heteroatoms. The molecule has 29 heavy (non-hydrogen) atoms. The molecule has 0 saturated heterocycles. The van der Waals surface area contributed by atoms with Crippen molar-refractivity contribution in [2.24, 2.45) is 0 Å². The molecule has 0 aliphatic heterocycles. The summed E-state index contributed by atoms with van der Waals surface area (Å²) >= 11 is 0. The SMILES string of the molecule is COc1cc([N+](=O)[O-])ccc1S(=O)(=O)NC(Cc1ccccc1)C(=O)NC1CC1. The molecule has 1 aliphatic carbocycles. The Balaban J connectivity index is 1.88. The number of hydrogen-bond donors (Lipinski definition) is 2. The Morgan fingerprint density at radius 3 is 2.52 bits per heavy atom. The number of nitro benzene ring substituents is 1. The van der Waals surface area contributed by atoms with Crippen LogP contribution in [0.25, 0.3) is 0 Å². The number of nitrogens with one attached hydrogen (secondary N) is 2. The zero-order valence-corrected chi connectivity index (χ0v) is 16.5. The van der Waals surface area contributed by atoms with E-state index in [9.17, 15) is 23.3 Å². The van der Waals surface area contributed by atoms with Gasteiger partial charge in [-0.25, -0.2) is 8.42 Å². The molecule has 154 valence electrons. The minimum atomic E-state index is -4.18. The minimum Gasteiger partial charge on any atom is -0.495 e. The van der Waals surface area contributed by atoms with Crippen molar-refractivity contribution in [1.82, 2.24) is 10.0 Å². The molecule has 0 spiro atoms. The third-order valence-electron chi connectivity index (χ3n) is 4.47. The molecule has 0 aromatic heterocycles. The fraction of sp³-hybridized carbons (Fsp3) is 0.316. The second-order valence-electron chi connectivity index (χ2n) is 6.74. The number of non-ortho nitro benzene ring substituents is 1. The van der Waals surface area contributed by atoms with E-state index in [1.165, 1.54) is 7.11 Å². The second-order valence-corrected chi connectivity index (χ2v) is 8.42. The highest BCUT2D eigenvalue weighted by atomic mass is 32.2. The number of carbonyl (C=O) groups is 1. The van der Waals surface area contributed by atoms with E-state index >= 15 is 0 Å². The van der Waals surface area contributed by atoms with Crippen LogP contribution in [0.4, 0.5) is 5.69 Å². The highest BCUT2D eigenvalue weighted by molar-refractivity contribution is 7.89. The van der Waals surface area contributed by atoms with E-state index in [-0.39, 0.29) is 28.8 Å². The van der Waals surface area contributed by atoms with Crippen molar-refractivity contribution in [1.29, 1.82) is 0 Å². The average molecular weight is 419 g/mol. The first-order chi connectivity index (χ1) is 13.8. The van der Waals surface area contributed by atoms with Crippen molar-refractivity contribution in [3.8, 4) is 5.75 Å². The van der Waals surface area contributed by atoms with Gasteiger partial charge in [0.05, 0.1) is 18.1 Å². The standard InChI is InChI=1S/C19H21N3O6S/c1-28-17-12-15(22(24)25)9-10-18(17)29(26,27)21-16(19(23)20-14-7-8-14)11-13-5-3-2-4-6-13/h2-6,9-10,12,14,16,21H,7-8,11H2,1H3,(H,20,23). The zero-order valence-electron chi connectivity index (χ0n) is 15.7. The van der Waals surface area contributed by atoms with Gasteiger partial charge in [0.25, 0.3) is 5.69 Å². The smallest absolute Gasteiger partial charge is 0.273 e. The summed E-state index contributed by atoms with van der Waals surface area (Å²) in [4.78, 5) is 22.7. The third kappa shape index (κ3) is 5.30. The van der Waals surface area contributed by atoms with Crippen molar-refractivity contribution in [3.05, 3.63) is 64.2 Å². The normalized spacial score (nSPS) is 14.8. The molecular formula is C19H21N3O6S. The number of nitro groups is 1. The summed E-state index contributed by atoms with van der Waals surface area (Å²) in [6.45, 7) is 0. The lowest BCUT2D eigenvalue weighted by Crippen LogP contribution is -2.48. The summed E-state index contributed by atoms with van der Waals surface area (Å²) in [6, 6.07) is 11.3. The predicted octanol–water partition coefficient (Wildman–Crippen LogP) is 1.77. The van der Waals surface area contributed by atoms with Gasteiger partial charge in [0.1, 0.15) is 16.7 Å². The molecular weight excluding hydrogens is 398 g/mol. The Morgan fingerprint density at radius 1 is 1.24 bits per heavy atom. The summed E-state index contributed by atoms with van der Waals surface area (Å²) in [5, 5.41) is 13.8. The highest BCUT2D eigenvalue weighted by Gasteiger charge is 2.32. The van der Waals surface area contributed by atoms with E-state index in [1.807, 2.05) is 6.07 Å². The van der Waals surface area contributed by atoms with E-state index in [1.54, 1.807) is 24.3 Å². The molecule has 9 nitrogen and oxygen atoms in total. The van der Waals surface area contributed by atoms with Crippen LogP contribution in [0.15, 0.2) is 53.4 Å². The molecule has 3 rings (SSSR count). The Labute approximate surface area is 168 Å². The second kappa shape index (κ2) is 8.58. The van der Waals surface area contributed by atoms with Crippen molar-refractivity contribution in [2.45, 2.75) is 36.2 Å². The maximum atomic E-state index is 13.0. The molecule has 2 N–H and O–H groups in total. The molecule has 2 aromatic carbocycles. The molecule has 1 aliphatic rings. The van der Waals surface area contributed by atoms with Gasteiger partial charge in [-0.2, -0.15) is 4.72 Å². The van der Waals surface area contributed by atoms with E-state index in [4.69, 9.17) is 4.74 Å². The summed E-state index contributed by atoms with van der Waals surface area (Å²) in [7, 11) is -2.96. The van der Waals surface area contributed by atoms with Crippen LogP contribution in [0.3, 0.4) is 0 Å². The van der Waals surface area contributed by atoms with Gasteiger partial charge in [0.15, 0.2) is 0 Å². The number of rotatable bonds is 9. The molecule has 1 atom stereocenters. The fourth-order valence-electron chi connectivity index (χ4n) is 2.81. The van der Waals surface area contributed by atoms with Gasteiger partial charge in [-0.15, -0.1) is 0 Å². The molecule has 1 saturated carbocycles. The topological polar surface area (TPSA) is 128 Å². The molecule has 1 unspecified atom stereocenters. The fourth-order valence-corrected chi connectivity index (χ4v) is 4.16. The number of benzene rings is 2. The zero-order chi connectivity index (χ0) is 21.0. The van der Waals surface area contributed by atoms with Gasteiger partial charge in [-0.05, 0) is 30.9 Å². The van der Waals surface area contributed by atoms with Gasteiger partial charge >= 0.3 is 0 Å². The van der Waals surface area contributed by atoms with Crippen molar-refractivity contribution in [2.75, 3.05) is 7.11 Å². The Bertz CT molecular complexity index is 1010. The van der Waals surface area contributed by atoms with Gasteiger partial charge in [-0.3, -0.25) is 14.9 Å². The molecule has 1 fully saturated rings. The predicted molar refractivity (Wildman–Crippen MR) is 105 cm³/mol. The molecule has 0 bridgehead atoms. The number of ether oxygens (including phenoxy) is 1. The number of amides is 1. The number of nitrogens with zero attached hydrogens (tertiary/aromatic N) is 1. The Morgan fingerprint density at radius 2 is 1.93 bits per heavy atom. The quantitative estimate of drug-likeness (QED) is 0.471. The van der Waals surface area contributed by atoms with Crippen LogP contribution in [0, 0.1) is 10.1 Å². The van der Waals surface area contributed by atoms with E-state index in [0.29, 0.717) is 0 Å². The first kappa shape index (κ1) is 20.7. The van der Waals surface area contributed by atoms with Crippen LogP contribution in [0.2, 0.25) is 0 Å². The lowest BCUT2D eigenvalue weighted by Gasteiger charge is -2.19. The summed E-state index contributed by atoms with van der Waals surface area (Å²) in [6.07, 6.45) is 1.90. The third-order valence-corrected chi connectivity index (χ3v) is 5.98. The largest absolute Gasteiger partial charge is 0.495 e. The molecule has 1 amide bonds. The number of methoxy groups -OCH3 is 1. The molecule has 0 radical (unpaired) electrons. The van der Waals surface area contributed by atoms with Gasteiger partial charge in [0.2, 0.25) is 15.9 Å². The van der Waals surface area contributed by atoms with Gasteiger partial charge in [-0.1, -0.05) is 30.3 Å². The van der Waals surface area contributed by atoms with Crippen molar-refractivity contribution >= 4 is 21.6 Å². The van der Waals surface area contributed by atoms with Crippen molar-refractivity contribution in [3.63, 3.8) is 0 Å². The summed E-state index contributed by atoms with van der Waals surface area (Å²) in [5.74, 6) is -0.589. The van der Waals surface area contributed by atoms with E-state index in [0.717, 1.165) is 36.6 Å². The first-order valence-corrected chi connectivity index (χ1v) is 10.5. The minimum absolute atomic E-state index is 0.0687. The van der Waals surface area contributed by atoms with Crippen molar-refractivity contribution < 1.29 is 22.9 Å². The summed E-state index contributed by atoms with van der Waals surface area (Å²) < 4.78 is 33.4. The lowest BCUT2D eigenvalue weighted by atomic mass is 10.1. The highest BCUT2D eigenvalue weighted by Crippen LogP contribution is 2.28. The van der Waals surface area contributed by atoms with Gasteiger partial charge in [0, 0.05) is 12.1 Å². The van der Waals surface area contributed by atoms with Gasteiger partial charge < -0.3 is 10.1 Å². The van der Waals surface area contributed by atoms with Crippen LogP contribution in [-0.4, -0.2) is 38.4 Å². The monoisotopic (exact) mass is 419 g/mol. The molecule has 2 aromatic rings. The van der Waals surface area contributed by atoms with E-state index < -0.39 is 26.9 Å². The number of hydrogen-bond acceptors (Lipinski definition) is 6. The van der Waals surface area contributed by atoms with E-state index in [2.05, 4.69) is 10.0 Å². The first-order valence-electron chi connectivity index (χ1n) is 8.99. The number of carbonyl (C=O) groups excluding carboxylic acids is 1. The molecule has 0 heterocycles.